The van der Waals surface area contributed by atoms with Crippen molar-refractivity contribution in [3.63, 3.8) is 0 Å². The van der Waals surface area contributed by atoms with Crippen LogP contribution in [0.25, 0.3) is 28.2 Å². The molecule has 3 N–H and O–H groups in total. The van der Waals surface area contributed by atoms with Gasteiger partial charge in [0.05, 0.1) is 24.2 Å². The number of carbonyl (C=O) groups is 1. The fourth-order valence-corrected chi connectivity index (χ4v) is 2.90. The summed E-state index contributed by atoms with van der Waals surface area (Å²) in [4.78, 5) is 35.9. The molecule has 0 fully saturated rings. The summed E-state index contributed by atoms with van der Waals surface area (Å²) >= 11 is 0. The Hall–Kier alpha value is -3.78. The Labute approximate surface area is 159 Å². The number of amides is 1. The van der Waals surface area contributed by atoms with E-state index < -0.39 is 0 Å². The van der Waals surface area contributed by atoms with Gasteiger partial charge >= 0.3 is 5.69 Å². The number of aromatic nitrogens is 4. The first-order chi connectivity index (χ1) is 13.7. The molecule has 28 heavy (non-hydrogen) atoms. The smallest absolute Gasteiger partial charge is 0.333 e. The van der Waals surface area contributed by atoms with Crippen LogP contribution in [0.3, 0.4) is 0 Å². The van der Waals surface area contributed by atoms with E-state index in [1.54, 1.807) is 30.5 Å². The van der Waals surface area contributed by atoms with E-state index in [-0.39, 0.29) is 24.7 Å². The number of benzene rings is 2. The van der Waals surface area contributed by atoms with Crippen molar-refractivity contribution in [3.05, 3.63) is 76.8 Å². The third-order valence-electron chi connectivity index (χ3n) is 4.25. The first kappa shape index (κ1) is 17.6. The monoisotopic (exact) mass is 375 g/mol. The van der Waals surface area contributed by atoms with E-state index >= 15 is 0 Å². The number of H-pyrrole nitrogens is 1. The first-order valence-corrected chi connectivity index (χ1v) is 8.70. The highest BCUT2D eigenvalue weighted by Crippen LogP contribution is 2.20. The van der Waals surface area contributed by atoms with Gasteiger partial charge in [0.15, 0.2) is 11.3 Å². The van der Waals surface area contributed by atoms with Gasteiger partial charge in [-0.1, -0.05) is 30.3 Å². The molecule has 0 bridgehead atoms. The average molecular weight is 375 g/mol. The molecule has 0 saturated carbocycles. The van der Waals surface area contributed by atoms with Gasteiger partial charge in [0.2, 0.25) is 0 Å². The molecule has 0 atom stereocenters. The third kappa shape index (κ3) is 3.28. The number of nitrogens with zero attached hydrogens (tertiary/aromatic N) is 3. The van der Waals surface area contributed by atoms with Gasteiger partial charge in [0.1, 0.15) is 0 Å². The highest BCUT2D eigenvalue weighted by atomic mass is 16.3. The van der Waals surface area contributed by atoms with Gasteiger partial charge < -0.3 is 10.4 Å². The number of para-hydroxylation sites is 1. The highest BCUT2D eigenvalue weighted by Gasteiger charge is 2.13. The van der Waals surface area contributed by atoms with Crippen LogP contribution in [-0.4, -0.2) is 43.7 Å². The number of aliphatic hydroxyl groups is 1. The molecule has 0 aliphatic rings. The van der Waals surface area contributed by atoms with Gasteiger partial charge in [-0.15, -0.1) is 0 Å². The minimum absolute atomic E-state index is 0.111. The van der Waals surface area contributed by atoms with Crippen molar-refractivity contribution in [2.75, 3.05) is 13.2 Å². The van der Waals surface area contributed by atoms with E-state index in [4.69, 9.17) is 5.11 Å². The topological polar surface area (TPSA) is 113 Å². The number of aromatic amines is 1. The number of hydrogen-bond acceptors (Lipinski definition) is 5. The zero-order chi connectivity index (χ0) is 19.5. The van der Waals surface area contributed by atoms with Crippen LogP contribution in [0.1, 0.15) is 10.4 Å². The number of fused-ring (bicyclic) bond motifs is 1. The maximum absolute atomic E-state index is 12.4. The van der Waals surface area contributed by atoms with Crippen LogP contribution in [0.5, 0.6) is 0 Å². The zero-order valence-electron chi connectivity index (χ0n) is 14.8. The van der Waals surface area contributed by atoms with Gasteiger partial charge in [0, 0.05) is 17.7 Å². The van der Waals surface area contributed by atoms with E-state index in [2.05, 4.69) is 20.3 Å². The second-order valence-corrected chi connectivity index (χ2v) is 6.09. The molecule has 8 nitrogen and oxygen atoms in total. The Kier molecular flexibility index (Phi) is 4.69. The lowest BCUT2D eigenvalue weighted by atomic mass is 10.1. The summed E-state index contributed by atoms with van der Waals surface area (Å²) in [5.41, 5.74) is 3.05. The number of aliphatic hydroxyl groups excluding tert-OH is 1. The molecule has 8 heteroatoms. The molecule has 2 heterocycles. The van der Waals surface area contributed by atoms with Gasteiger partial charge in [-0.2, -0.15) is 0 Å². The SMILES string of the molecule is O=C(NCCO)c1ccc(-c2cnc3c(n2)[nH]c(=O)n3-c2ccccc2)cc1. The Balaban J connectivity index is 1.67. The molecule has 0 aliphatic heterocycles. The van der Waals surface area contributed by atoms with Crippen molar-refractivity contribution in [2.45, 2.75) is 0 Å². The first-order valence-electron chi connectivity index (χ1n) is 8.70. The lowest BCUT2D eigenvalue weighted by Crippen LogP contribution is -2.26. The van der Waals surface area contributed by atoms with E-state index in [0.29, 0.717) is 28.2 Å². The van der Waals surface area contributed by atoms with Crippen LogP contribution in [0.2, 0.25) is 0 Å². The molecule has 1 amide bonds. The Morgan fingerprint density at radius 2 is 1.86 bits per heavy atom. The molecule has 0 unspecified atom stereocenters. The molecule has 0 radical (unpaired) electrons. The highest BCUT2D eigenvalue weighted by molar-refractivity contribution is 5.94. The summed E-state index contributed by atoms with van der Waals surface area (Å²) in [5, 5.41) is 11.4. The largest absolute Gasteiger partial charge is 0.395 e. The van der Waals surface area contributed by atoms with Crippen molar-refractivity contribution in [1.29, 1.82) is 0 Å². The number of imidazole rings is 1. The molecular weight excluding hydrogens is 358 g/mol. The maximum Gasteiger partial charge on any atom is 0.333 e. The van der Waals surface area contributed by atoms with Crippen LogP contribution in [-0.2, 0) is 0 Å². The summed E-state index contributed by atoms with van der Waals surface area (Å²) in [5.74, 6) is -0.258. The molecule has 0 spiro atoms. The fourth-order valence-electron chi connectivity index (χ4n) is 2.90. The van der Waals surface area contributed by atoms with Gasteiger partial charge in [-0.05, 0) is 24.3 Å². The standard InChI is InChI=1S/C20H17N5O3/c26-11-10-21-19(27)14-8-6-13(7-9-14)16-12-22-18-17(23-16)24-20(28)25(18)15-4-2-1-3-5-15/h1-9,12,26H,10-11H2,(H,21,27)(H,23,24,28). The number of rotatable bonds is 5. The quantitative estimate of drug-likeness (QED) is 0.489. The van der Waals surface area contributed by atoms with Gasteiger partial charge in [-0.3, -0.25) is 9.78 Å². The van der Waals surface area contributed by atoms with Gasteiger partial charge in [0.25, 0.3) is 5.91 Å². The number of hydrogen-bond donors (Lipinski definition) is 3. The predicted molar refractivity (Wildman–Crippen MR) is 104 cm³/mol. The normalized spacial score (nSPS) is 10.9. The zero-order valence-corrected chi connectivity index (χ0v) is 14.8. The van der Waals surface area contributed by atoms with Crippen LogP contribution in [0.4, 0.5) is 0 Å². The minimum atomic E-state index is -0.311. The summed E-state index contributed by atoms with van der Waals surface area (Å²) in [6.45, 7) is 0.0920. The summed E-state index contributed by atoms with van der Waals surface area (Å²) < 4.78 is 1.47. The summed E-state index contributed by atoms with van der Waals surface area (Å²) in [7, 11) is 0. The van der Waals surface area contributed by atoms with Crippen LogP contribution >= 0.6 is 0 Å². The van der Waals surface area contributed by atoms with Crippen LogP contribution in [0, 0.1) is 0 Å². The fraction of sp³-hybridized carbons (Fsp3) is 0.100. The summed E-state index contributed by atoms with van der Waals surface area (Å²) in [6.07, 6.45) is 1.59. The molecular formula is C20H17N5O3. The predicted octanol–water partition coefficient (Wildman–Crippen LogP) is 1.50. The van der Waals surface area contributed by atoms with Crippen molar-refractivity contribution in [2.24, 2.45) is 0 Å². The van der Waals surface area contributed by atoms with E-state index in [1.165, 1.54) is 4.57 Å². The van der Waals surface area contributed by atoms with Crippen molar-refractivity contribution in [1.82, 2.24) is 24.8 Å². The number of nitrogens with one attached hydrogen (secondary N) is 2. The van der Waals surface area contributed by atoms with Gasteiger partial charge in [-0.25, -0.2) is 19.3 Å². The van der Waals surface area contributed by atoms with Crippen LogP contribution < -0.4 is 11.0 Å². The van der Waals surface area contributed by atoms with Crippen molar-refractivity contribution in [3.8, 4) is 16.9 Å². The molecule has 0 aliphatic carbocycles. The van der Waals surface area contributed by atoms with E-state index in [9.17, 15) is 9.59 Å². The second-order valence-electron chi connectivity index (χ2n) is 6.09. The molecule has 4 aromatic rings. The number of carbonyl (C=O) groups excluding carboxylic acids is 1. The third-order valence-corrected chi connectivity index (χ3v) is 4.25. The van der Waals surface area contributed by atoms with Crippen LogP contribution in [0.15, 0.2) is 65.6 Å². The lowest BCUT2D eigenvalue weighted by molar-refractivity contribution is 0.0945. The second kappa shape index (κ2) is 7.45. The molecule has 140 valence electrons. The Morgan fingerprint density at radius 3 is 2.57 bits per heavy atom. The Bertz CT molecular complexity index is 1180. The molecule has 0 saturated heterocycles. The summed E-state index contributed by atoms with van der Waals surface area (Å²) in [6, 6.07) is 16.1. The molecule has 4 rings (SSSR count). The maximum atomic E-state index is 12.4. The molecule has 2 aromatic heterocycles. The minimum Gasteiger partial charge on any atom is -0.395 e. The Morgan fingerprint density at radius 1 is 1.11 bits per heavy atom. The molecule has 2 aromatic carbocycles. The van der Waals surface area contributed by atoms with E-state index in [0.717, 1.165) is 5.56 Å². The van der Waals surface area contributed by atoms with Crippen molar-refractivity contribution >= 4 is 17.2 Å². The van der Waals surface area contributed by atoms with Crippen molar-refractivity contribution < 1.29 is 9.90 Å². The lowest BCUT2D eigenvalue weighted by Gasteiger charge is -2.05. The average Bonchev–Trinajstić information content (AvgIpc) is 3.07. The van der Waals surface area contributed by atoms with E-state index in [1.807, 2.05) is 30.3 Å².